The van der Waals surface area contributed by atoms with E-state index < -0.39 is 0 Å². The highest BCUT2D eigenvalue weighted by molar-refractivity contribution is 5.87. The average molecular weight is 588 g/mol. The minimum Gasteiger partial charge on any atom is -0.462 e. The maximum atomic E-state index is 14.9. The molecule has 2 atom stereocenters. The first-order valence-corrected chi connectivity index (χ1v) is 15.8. The lowest BCUT2D eigenvalue weighted by atomic mass is 9.97. The maximum absolute atomic E-state index is 14.9. The normalized spacial score (nSPS) is 22.4. The highest BCUT2D eigenvalue weighted by atomic mass is 19.1. The Labute approximate surface area is 253 Å². The monoisotopic (exact) mass is 587 g/mol. The number of benzene rings is 1. The van der Waals surface area contributed by atoms with Crippen LogP contribution in [0.3, 0.4) is 0 Å². The van der Waals surface area contributed by atoms with Gasteiger partial charge in [0.15, 0.2) is 0 Å². The Bertz CT molecular complexity index is 1410. The number of likely N-dealkylation sites (tertiary alicyclic amines) is 1. The van der Waals surface area contributed by atoms with Crippen LogP contribution in [0.1, 0.15) is 60.9 Å². The van der Waals surface area contributed by atoms with Crippen molar-refractivity contribution in [2.45, 2.75) is 76.4 Å². The van der Waals surface area contributed by atoms with E-state index in [1.54, 1.807) is 17.0 Å². The van der Waals surface area contributed by atoms with Gasteiger partial charge in [-0.15, -0.1) is 0 Å². The lowest BCUT2D eigenvalue weighted by molar-refractivity contribution is -0.128. The summed E-state index contributed by atoms with van der Waals surface area (Å²) in [6.45, 7) is 8.11. The van der Waals surface area contributed by atoms with E-state index >= 15 is 0 Å². The molecule has 1 aliphatic carbocycles. The number of hydrogen-bond acceptors (Lipinski definition) is 8. The summed E-state index contributed by atoms with van der Waals surface area (Å²) in [4.78, 5) is 31.0. The molecule has 0 radical (unpaired) electrons. The van der Waals surface area contributed by atoms with Gasteiger partial charge in [0.2, 0.25) is 5.91 Å². The molecule has 1 aromatic heterocycles. The van der Waals surface area contributed by atoms with Crippen LogP contribution >= 0.6 is 0 Å². The van der Waals surface area contributed by atoms with Crippen LogP contribution in [0.25, 0.3) is 0 Å². The molecule has 1 amide bonds. The van der Waals surface area contributed by atoms with Crippen molar-refractivity contribution in [3.63, 3.8) is 0 Å². The number of ether oxygens (including phenoxy) is 1. The van der Waals surface area contributed by atoms with Crippen molar-refractivity contribution in [2.24, 2.45) is 0 Å². The van der Waals surface area contributed by atoms with Gasteiger partial charge >= 0.3 is 6.01 Å². The number of nitrogens with zero attached hydrogens (tertiary/aromatic N) is 7. The number of hydrogen-bond donors (Lipinski definition) is 0. The van der Waals surface area contributed by atoms with Crippen molar-refractivity contribution in [3.05, 3.63) is 53.0 Å². The number of carbonyl (C=O) groups is 1. The number of fused-ring (bicyclic) bond motifs is 2. The second-order valence-corrected chi connectivity index (χ2v) is 12.3. The third kappa shape index (κ3) is 6.19. The van der Waals surface area contributed by atoms with E-state index in [0.29, 0.717) is 44.8 Å². The predicted octanol–water partition coefficient (Wildman–Crippen LogP) is 4.04. The molecule has 228 valence electrons. The van der Waals surface area contributed by atoms with Gasteiger partial charge in [-0.3, -0.25) is 4.79 Å². The van der Waals surface area contributed by atoms with Crippen molar-refractivity contribution in [1.82, 2.24) is 19.8 Å². The van der Waals surface area contributed by atoms with Crippen molar-refractivity contribution in [2.75, 3.05) is 56.2 Å². The van der Waals surface area contributed by atoms with Gasteiger partial charge in [-0.1, -0.05) is 13.0 Å². The first-order valence-electron chi connectivity index (χ1n) is 15.8. The topological polar surface area (TPSA) is 88.8 Å². The summed E-state index contributed by atoms with van der Waals surface area (Å²) in [6.07, 6.45) is 9.81. The minimum absolute atomic E-state index is 0.154. The third-order valence-corrected chi connectivity index (χ3v) is 9.66. The number of nitriles is 1. The van der Waals surface area contributed by atoms with E-state index in [1.807, 2.05) is 0 Å². The summed E-state index contributed by atoms with van der Waals surface area (Å²) in [5, 5.41) is 9.52. The van der Waals surface area contributed by atoms with Crippen LogP contribution in [0.5, 0.6) is 6.01 Å². The smallest absolute Gasteiger partial charge is 0.318 e. The van der Waals surface area contributed by atoms with Crippen molar-refractivity contribution in [1.29, 1.82) is 5.26 Å². The number of halogens is 1. The van der Waals surface area contributed by atoms with E-state index in [1.165, 1.54) is 18.1 Å². The van der Waals surface area contributed by atoms with E-state index in [-0.39, 0.29) is 24.2 Å². The quantitative estimate of drug-likeness (QED) is 0.355. The first-order chi connectivity index (χ1) is 20.9. The fourth-order valence-corrected chi connectivity index (χ4v) is 7.28. The molecule has 1 aromatic carbocycles. The van der Waals surface area contributed by atoms with Crippen LogP contribution in [0.15, 0.2) is 24.8 Å². The summed E-state index contributed by atoms with van der Waals surface area (Å²) in [5.41, 5.74) is 5.38. The lowest BCUT2D eigenvalue weighted by Gasteiger charge is -2.42. The van der Waals surface area contributed by atoms with Crippen LogP contribution < -0.4 is 14.5 Å². The largest absolute Gasteiger partial charge is 0.462 e. The number of rotatable bonds is 7. The zero-order chi connectivity index (χ0) is 29.9. The van der Waals surface area contributed by atoms with Gasteiger partial charge in [0.05, 0.1) is 30.8 Å². The third-order valence-electron chi connectivity index (χ3n) is 9.66. The van der Waals surface area contributed by atoms with Crippen molar-refractivity contribution >= 4 is 17.4 Å². The Kier molecular flexibility index (Phi) is 8.80. The molecule has 0 saturated carbocycles. The summed E-state index contributed by atoms with van der Waals surface area (Å²) < 4.78 is 21.1. The van der Waals surface area contributed by atoms with Gasteiger partial charge in [0, 0.05) is 43.5 Å². The lowest BCUT2D eigenvalue weighted by Crippen LogP contribution is -2.55. The standard InChI is InChI=1S/C33H42FN7O2/c1-3-31(42)41-17-16-40(20-25(41)11-13-35)32-28-12-15-39(30-19-24(34)18-23-8-5-4-6-10-27(23)30)21-29(28)36-33(37-32)43-22-26-9-7-14-38(26)2/h3,18-19,25-26H,1,4-12,14-17,20-22H2,2H3/t25-,26-/m0/s1. The molecule has 6 rings (SSSR count). The number of piperazine rings is 1. The Hall–Kier alpha value is -3.71. The maximum Gasteiger partial charge on any atom is 0.318 e. The van der Waals surface area contributed by atoms with Crippen LogP contribution in [-0.4, -0.2) is 84.1 Å². The fraction of sp³-hybridized carbons (Fsp3) is 0.576. The van der Waals surface area contributed by atoms with Crippen LogP contribution in [-0.2, 0) is 30.6 Å². The minimum atomic E-state index is -0.255. The molecule has 43 heavy (non-hydrogen) atoms. The SMILES string of the molecule is C=CC(=O)N1CCN(c2nc(OC[C@@H]3CCCN3C)nc3c2CCN(c2cc(F)cc4c2CCCCC4)C3)C[C@@H]1CC#N. The second-order valence-electron chi connectivity index (χ2n) is 12.3. The molecule has 10 heteroatoms. The molecule has 2 saturated heterocycles. The highest BCUT2D eigenvalue weighted by Gasteiger charge is 2.34. The Morgan fingerprint density at radius 2 is 1.93 bits per heavy atom. The predicted molar refractivity (Wildman–Crippen MR) is 164 cm³/mol. The molecule has 0 unspecified atom stereocenters. The molecule has 9 nitrogen and oxygen atoms in total. The fourth-order valence-electron chi connectivity index (χ4n) is 7.28. The zero-order valence-corrected chi connectivity index (χ0v) is 25.2. The van der Waals surface area contributed by atoms with Gasteiger partial charge in [0.25, 0.3) is 0 Å². The van der Waals surface area contributed by atoms with E-state index in [4.69, 9.17) is 14.7 Å². The molecule has 3 aliphatic heterocycles. The molecular weight excluding hydrogens is 545 g/mol. The van der Waals surface area contributed by atoms with E-state index in [0.717, 1.165) is 86.4 Å². The molecule has 2 fully saturated rings. The molecule has 4 aliphatic rings. The second kappa shape index (κ2) is 12.9. The van der Waals surface area contributed by atoms with E-state index in [2.05, 4.69) is 34.4 Å². The average Bonchev–Trinajstić information content (AvgIpc) is 3.28. The number of aryl methyl sites for hydroxylation is 1. The van der Waals surface area contributed by atoms with Crippen LogP contribution in [0.4, 0.5) is 15.9 Å². The molecule has 0 N–H and O–H groups in total. The van der Waals surface area contributed by atoms with E-state index in [9.17, 15) is 14.4 Å². The Morgan fingerprint density at radius 3 is 2.72 bits per heavy atom. The van der Waals surface area contributed by atoms with Gasteiger partial charge in [0.1, 0.15) is 18.2 Å². The number of anilines is 2. The van der Waals surface area contributed by atoms with Crippen LogP contribution in [0.2, 0.25) is 0 Å². The van der Waals surface area contributed by atoms with Gasteiger partial charge in [-0.25, -0.2) is 4.39 Å². The highest BCUT2D eigenvalue weighted by Crippen LogP contribution is 2.36. The van der Waals surface area contributed by atoms with Crippen LogP contribution in [0, 0.1) is 17.1 Å². The Balaban J connectivity index is 1.32. The zero-order valence-electron chi connectivity index (χ0n) is 25.2. The molecule has 4 heterocycles. The van der Waals surface area contributed by atoms with Crippen molar-refractivity contribution < 1.29 is 13.9 Å². The molecular formula is C33H42FN7O2. The van der Waals surface area contributed by atoms with Gasteiger partial charge in [-0.2, -0.15) is 15.2 Å². The molecule has 2 aromatic rings. The summed E-state index contributed by atoms with van der Waals surface area (Å²) in [5.74, 6) is 0.496. The molecule has 0 spiro atoms. The molecule has 0 bridgehead atoms. The van der Waals surface area contributed by atoms with Gasteiger partial charge in [-0.05, 0) is 87.9 Å². The summed E-state index contributed by atoms with van der Waals surface area (Å²) in [7, 11) is 2.12. The number of aromatic nitrogens is 2. The number of carbonyl (C=O) groups excluding carboxylic acids is 1. The number of amides is 1. The first kappa shape index (κ1) is 29.4. The Morgan fingerprint density at radius 1 is 1.07 bits per heavy atom. The van der Waals surface area contributed by atoms with Gasteiger partial charge < -0.3 is 24.3 Å². The van der Waals surface area contributed by atoms with Crippen molar-refractivity contribution in [3.8, 4) is 12.1 Å². The summed E-state index contributed by atoms with van der Waals surface area (Å²) >= 11 is 0. The number of likely N-dealkylation sites (N-methyl/N-ethyl adjacent to an activating group) is 1. The summed E-state index contributed by atoms with van der Waals surface area (Å²) in [6, 6.07) is 6.11.